The quantitative estimate of drug-likeness (QED) is 0.768. The summed E-state index contributed by atoms with van der Waals surface area (Å²) in [5.74, 6) is -0.969. The van der Waals surface area contributed by atoms with Crippen LogP contribution in [-0.4, -0.2) is 27.2 Å². The third kappa shape index (κ3) is 5.95. The second-order valence-electron chi connectivity index (χ2n) is 5.52. The van der Waals surface area contributed by atoms with Crippen LogP contribution in [0.25, 0.3) is 0 Å². The van der Waals surface area contributed by atoms with Gasteiger partial charge in [-0.15, -0.1) is 0 Å². The number of hydrogen-bond donors (Lipinski definition) is 2. The van der Waals surface area contributed by atoms with Gasteiger partial charge in [0, 0.05) is 16.8 Å². The highest BCUT2D eigenvalue weighted by molar-refractivity contribution is 7.92. The zero-order valence-electron chi connectivity index (χ0n) is 13.8. The van der Waals surface area contributed by atoms with Gasteiger partial charge in [-0.2, -0.15) is 0 Å². The van der Waals surface area contributed by atoms with Gasteiger partial charge >= 0.3 is 0 Å². The van der Waals surface area contributed by atoms with Crippen molar-refractivity contribution in [1.82, 2.24) is 0 Å². The number of carbonyl (C=O) groups excluding carboxylic acids is 1. The normalized spacial score (nSPS) is 12.3. The molecule has 0 saturated heterocycles. The molecule has 2 aromatic rings. The molecule has 1 amide bonds. The lowest BCUT2D eigenvalue weighted by atomic mass is 10.2. The Morgan fingerprint density at radius 2 is 1.84 bits per heavy atom. The smallest absolute Gasteiger partial charge is 0.233 e. The molecule has 0 aromatic heterocycles. The lowest BCUT2D eigenvalue weighted by molar-refractivity contribution is -0.118. The van der Waals surface area contributed by atoms with Crippen LogP contribution in [0, 0.1) is 5.92 Å². The first-order valence-electron chi connectivity index (χ1n) is 7.50. The number of halogens is 1. The molecule has 1 unspecified atom stereocenters. The average Bonchev–Trinajstić information content (AvgIpc) is 2.54. The molecule has 25 heavy (non-hydrogen) atoms. The van der Waals surface area contributed by atoms with Crippen molar-refractivity contribution in [2.24, 2.45) is 5.92 Å². The lowest BCUT2D eigenvalue weighted by Crippen LogP contribution is -2.29. The van der Waals surface area contributed by atoms with Crippen molar-refractivity contribution >= 4 is 38.9 Å². The number of anilines is 2. The fourth-order valence-electron chi connectivity index (χ4n) is 2.14. The van der Waals surface area contributed by atoms with E-state index >= 15 is 0 Å². The predicted molar refractivity (Wildman–Crippen MR) is 99.6 cm³/mol. The summed E-state index contributed by atoms with van der Waals surface area (Å²) in [4.78, 5) is 12.2. The summed E-state index contributed by atoms with van der Waals surface area (Å²) in [7, 11) is -2.20. The Balaban J connectivity index is 1.99. The third-order valence-electron chi connectivity index (χ3n) is 3.35. The van der Waals surface area contributed by atoms with Crippen molar-refractivity contribution in [3.05, 3.63) is 53.6 Å². The van der Waals surface area contributed by atoms with Crippen LogP contribution in [0.3, 0.4) is 0 Å². The van der Waals surface area contributed by atoms with Gasteiger partial charge in [0.25, 0.3) is 0 Å². The molecule has 0 aliphatic rings. The van der Waals surface area contributed by atoms with Crippen molar-refractivity contribution in [2.75, 3.05) is 22.9 Å². The maximum absolute atomic E-state index is 12.3. The molecule has 0 aliphatic heterocycles. The Kier molecular flexibility index (Phi) is 6.27. The number of ether oxygens (including phenoxy) is 1. The van der Waals surface area contributed by atoms with Gasteiger partial charge in [0.15, 0.2) is 0 Å². The predicted octanol–water partition coefficient (Wildman–Crippen LogP) is 3.37. The highest BCUT2D eigenvalue weighted by Crippen LogP contribution is 2.19. The number of amides is 1. The highest BCUT2D eigenvalue weighted by atomic mass is 35.5. The summed E-state index contributed by atoms with van der Waals surface area (Å²) < 4.78 is 32.0. The molecule has 134 valence electrons. The molecule has 0 aliphatic carbocycles. The minimum absolute atomic E-state index is 0.351. The SMILES string of the molecule is COc1cccc(NS(=O)(=O)CC(C)C(=O)Nc2cccc(Cl)c2)c1. The number of carbonyl (C=O) groups is 1. The van der Waals surface area contributed by atoms with Gasteiger partial charge in [-0.05, 0) is 30.3 Å². The van der Waals surface area contributed by atoms with E-state index in [1.165, 1.54) is 7.11 Å². The summed E-state index contributed by atoms with van der Waals surface area (Å²) in [6.45, 7) is 1.55. The first-order chi connectivity index (χ1) is 11.8. The maximum atomic E-state index is 12.3. The van der Waals surface area contributed by atoms with E-state index in [2.05, 4.69) is 10.0 Å². The largest absolute Gasteiger partial charge is 0.497 e. The van der Waals surface area contributed by atoms with Gasteiger partial charge in [-0.1, -0.05) is 30.7 Å². The third-order valence-corrected chi connectivity index (χ3v) is 5.07. The Labute approximate surface area is 152 Å². The molecule has 0 saturated carbocycles. The van der Waals surface area contributed by atoms with E-state index in [-0.39, 0.29) is 5.75 Å². The van der Waals surface area contributed by atoms with Crippen LogP contribution >= 0.6 is 11.6 Å². The van der Waals surface area contributed by atoms with Gasteiger partial charge in [0.1, 0.15) is 5.75 Å². The van der Waals surface area contributed by atoms with Crippen LogP contribution in [0.5, 0.6) is 5.75 Å². The molecule has 0 fully saturated rings. The summed E-state index contributed by atoms with van der Waals surface area (Å²) in [5.41, 5.74) is 0.893. The van der Waals surface area contributed by atoms with Gasteiger partial charge in [-0.3, -0.25) is 9.52 Å². The standard InChI is InChI=1S/C17H19ClN2O4S/c1-12(17(21)19-14-6-3-5-13(18)9-14)11-25(22,23)20-15-7-4-8-16(10-15)24-2/h3-10,12,20H,11H2,1-2H3,(H,19,21). The molecular formula is C17H19ClN2O4S. The van der Waals surface area contributed by atoms with Crippen molar-refractivity contribution in [3.63, 3.8) is 0 Å². The summed E-state index contributed by atoms with van der Waals surface area (Å²) in [6, 6.07) is 13.2. The molecule has 0 bridgehead atoms. The van der Waals surface area contributed by atoms with E-state index in [4.69, 9.17) is 16.3 Å². The van der Waals surface area contributed by atoms with Crippen LogP contribution in [-0.2, 0) is 14.8 Å². The molecular weight excluding hydrogens is 364 g/mol. The van der Waals surface area contributed by atoms with Crippen molar-refractivity contribution in [1.29, 1.82) is 0 Å². The van der Waals surface area contributed by atoms with E-state index < -0.39 is 21.8 Å². The van der Waals surface area contributed by atoms with E-state index in [0.29, 0.717) is 22.1 Å². The van der Waals surface area contributed by atoms with Crippen LogP contribution in [0.1, 0.15) is 6.92 Å². The fourth-order valence-corrected chi connectivity index (χ4v) is 3.71. The van der Waals surface area contributed by atoms with E-state index in [9.17, 15) is 13.2 Å². The minimum atomic E-state index is -3.70. The Morgan fingerprint density at radius 3 is 2.52 bits per heavy atom. The second kappa shape index (κ2) is 8.22. The highest BCUT2D eigenvalue weighted by Gasteiger charge is 2.22. The molecule has 1 atom stereocenters. The van der Waals surface area contributed by atoms with Gasteiger partial charge < -0.3 is 10.1 Å². The van der Waals surface area contributed by atoms with E-state index in [1.807, 2.05) is 0 Å². The molecule has 2 N–H and O–H groups in total. The van der Waals surface area contributed by atoms with Crippen molar-refractivity contribution in [2.45, 2.75) is 6.92 Å². The second-order valence-corrected chi connectivity index (χ2v) is 7.72. The molecule has 0 heterocycles. The molecule has 2 aromatic carbocycles. The molecule has 6 nitrogen and oxygen atoms in total. The van der Waals surface area contributed by atoms with Gasteiger partial charge in [0.05, 0.1) is 24.5 Å². The zero-order valence-corrected chi connectivity index (χ0v) is 15.4. The Morgan fingerprint density at radius 1 is 1.16 bits per heavy atom. The van der Waals surface area contributed by atoms with E-state index in [0.717, 1.165) is 0 Å². The van der Waals surface area contributed by atoms with Crippen LogP contribution in [0.15, 0.2) is 48.5 Å². The molecule has 0 spiro atoms. The van der Waals surface area contributed by atoms with Crippen molar-refractivity contribution in [3.8, 4) is 5.75 Å². The summed E-state index contributed by atoms with van der Waals surface area (Å²) in [5, 5.41) is 3.14. The maximum Gasteiger partial charge on any atom is 0.233 e. The van der Waals surface area contributed by atoms with Crippen LogP contribution < -0.4 is 14.8 Å². The number of hydrogen-bond acceptors (Lipinski definition) is 4. The fraction of sp³-hybridized carbons (Fsp3) is 0.235. The Bertz CT molecular complexity index is 855. The van der Waals surface area contributed by atoms with Crippen LogP contribution in [0.4, 0.5) is 11.4 Å². The number of methoxy groups -OCH3 is 1. The first kappa shape index (κ1) is 19.1. The van der Waals surface area contributed by atoms with Crippen molar-refractivity contribution < 1.29 is 17.9 Å². The van der Waals surface area contributed by atoms with E-state index in [1.54, 1.807) is 55.5 Å². The number of rotatable bonds is 7. The molecule has 8 heteroatoms. The number of sulfonamides is 1. The topological polar surface area (TPSA) is 84.5 Å². The average molecular weight is 383 g/mol. The molecule has 2 rings (SSSR count). The van der Waals surface area contributed by atoms with Gasteiger partial charge in [0.2, 0.25) is 15.9 Å². The zero-order chi connectivity index (χ0) is 18.4. The monoisotopic (exact) mass is 382 g/mol. The first-order valence-corrected chi connectivity index (χ1v) is 9.53. The number of benzene rings is 2. The minimum Gasteiger partial charge on any atom is -0.497 e. The summed E-state index contributed by atoms with van der Waals surface area (Å²) in [6.07, 6.45) is 0. The summed E-state index contributed by atoms with van der Waals surface area (Å²) >= 11 is 5.86. The van der Waals surface area contributed by atoms with Gasteiger partial charge in [-0.25, -0.2) is 8.42 Å². The number of nitrogens with one attached hydrogen (secondary N) is 2. The van der Waals surface area contributed by atoms with Crippen LogP contribution in [0.2, 0.25) is 5.02 Å². The lowest BCUT2D eigenvalue weighted by Gasteiger charge is -2.14. The Hall–Kier alpha value is -2.25. The molecule has 0 radical (unpaired) electrons.